The lowest BCUT2D eigenvalue weighted by molar-refractivity contribution is -0.147. The molecule has 0 unspecified atom stereocenters. The Hall–Kier alpha value is -2.25. The molecule has 1 aliphatic heterocycles. The second-order valence-electron chi connectivity index (χ2n) is 6.93. The van der Waals surface area contributed by atoms with Gasteiger partial charge in [0.05, 0.1) is 6.54 Å². The van der Waals surface area contributed by atoms with Gasteiger partial charge in [0.25, 0.3) is 5.91 Å². The Balaban J connectivity index is 1.72. The van der Waals surface area contributed by atoms with Gasteiger partial charge < -0.3 is 15.4 Å². The van der Waals surface area contributed by atoms with Gasteiger partial charge in [0, 0.05) is 15.8 Å². The van der Waals surface area contributed by atoms with Gasteiger partial charge in [-0.2, -0.15) is 0 Å². The highest BCUT2D eigenvalue weighted by Gasteiger charge is 2.36. The van der Waals surface area contributed by atoms with Gasteiger partial charge in [-0.05, 0) is 56.5 Å². The summed E-state index contributed by atoms with van der Waals surface area (Å²) in [6.07, 6.45) is -0.350. The maximum Gasteiger partial charge on any atom is 0.252 e. The van der Waals surface area contributed by atoms with Crippen molar-refractivity contribution in [3.63, 3.8) is 0 Å². The maximum atomic E-state index is 13.4. The summed E-state index contributed by atoms with van der Waals surface area (Å²) in [5.41, 5.74) is 6.09. The number of hydrogen-bond donors (Lipinski definition) is 1. The molecule has 0 aliphatic carbocycles. The summed E-state index contributed by atoms with van der Waals surface area (Å²) in [5.74, 6) is -0.933. The molecule has 0 radical (unpaired) electrons. The number of thiophene rings is 1. The van der Waals surface area contributed by atoms with Crippen molar-refractivity contribution in [1.82, 2.24) is 4.90 Å². The summed E-state index contributed by atoms with van der Waals surface area (Å²) in [6, 6.07) is 10.3. The van der Waals surface area contributed by atoms with E-state index in [0.717, 1.165) is 15.3 Å². The fraction of sp³-hybridized carbons (Fsp3) is 0.400. The number of hydrogen-bond acceptors (Lipinski definition) is 4. The molecule has 1 saturated heterocycles. The van der Waals surface area contributed by atoms with Crippen molar-refractivity contribution in [2.24, 2.45) is 5.73 Å². The van der Waals surface area contributed by atoms with Crippen LogP contribution in [-0.4, -0.2) is 35.0 Å². The molecule has 27 heavy (non-hydrogen) atoms. The Labute approximate surface area is 161 Å². The zero-order valence-corrected chi connectivity index (χ0v) is 16.2. The topological polar surface area (TPSA) is 72.6 Å². The highest BCUT2D eigenvalue weighted by atomic mass is 32.1. The zero-order chi connectivity index (χ0) is 19.6. The minimum atomic E-state index is -0.686. The summed E-state index contributed by atoms with van der Waals surface area (Å²) in [7, 11) is 0. The SMILES string of the molecule is CC(C)N(Cc1ccc(-c2cccc(F)c2)s1)C(=O)[C@@H]1CC[C@H](C(N)=O)O1. The van der Waals surface area contributed by atoms with Gasteiger partial charge in [-0.25, -0.2) is 4.39 Å². The van der Waals surface area contributed by atoms with E-state index in [9.17, 15) is 14.0 Å². The van der Waals surface area contributed by atoms with Crippen molar-refractivity contribution in [2.75, 3.05) is 0 Å². The molecule has 2 heterocycles. The molecular weight excluding hydrogens is 367 g/mol. The van der Waals surface area contributed by atoms with E-state index in [1.54, 1.807) is 11.0 Å². The van der Waals surface area contributed by atoms with E-state index in [1.165, 1.54) is 23.5 Å². The molecule has 7 heteroatoms. The lowest BCUT2D eigenvalue weighted by atomic mass is 10.1. The average molecular weight is 390 g/mol. The molecule has 2 N–H and O–H groups in total. The third-order valence-electron chi connectivity index (χ3n) is 4.62. The summed E-state index contributed by atoms with van der Waals surface area (Å²) in [5, 5.41) is 0. The number of amides is 2. The largest absolute Gasteiger partial charge is 0.367 e. The smallest absolute Gasteiger partial charge is 0.252 e. The number of primary amides is 1. The lowest BCUT2D eigenvalue weighted by Gasteiger charge is -2.28. The Morgan fingerprint density at radius 1 is 1.26 bits per heavy atom. The first-order chi connectivity index (χ1) is 12.8. The predicted molar refractivity (Wildman–Crippen MR) is 102 cm³/mol. The van der Waals surface area contributed by atoms with Gasteiger partial charge in [-0.1, -0.05) is 12.1 Å². The summed E-state index contributed by atoms with van der Waals surface area (Å²) < 4.78 is 19.0. The van der Waals surface area contributed by atoms with E-state index in [-0.39, 0.29) is 17.8 Å². The van der Waals surface area contributed by atoms with Crippen LogP contribution in [0.15, 0.2) is 36.4 Å². The van der Waals surface area contributed by atoms with Gasteiger partial charge in [-0.3, -0.25) is 9.59 Å². The van der Waals surface area contributed by atoms with Gasteiger partial charge in [-0.15, -0.1) is 11.3 Å². The van der Waals surface area contributed by atoms with Crippen LogP contribution in [0.5, 0.6) is 0 Å². The number of carbonyl (C=O) groups excluding carboxylic acids is 2. The van der Waals surface area contributed by atoms with Crippen LogP contribution in [-0.2, 0) is 20.9 Å². The van der Waals surface area contributed by atoms with Crippen LogP contribution in [0.1, 0.15) is 31.6 Å². The van der Waals surface area contributed by atoms with E-state index in [2.05, 4.69) is 0 Å². The van der Waals surface area contributed by atoms with Crippen molar-refractivity contribution in [3.8, 4) is 10.4 Å². The summed E-state index contributed by atoms with van der Waals surface area (Å²) >= 11 is 1.53. The molecule has 2 aromatic rings. The number of ether oxygens (including phenoxy) is 1. The van der Waals surface area contributed by atoms with Crippen LogP contribution in [0, 0.1) is 5.82 Å². The third-order valence-corrected chi connectivity index (χ3v) is 5.73. The van der Waals surface area contributed by atoms with Crippen molar-refractivity contribution in [1.29, 1.82) is 0 Å². The van der Waals surface area contributed by atoms with Gasteiger partial charge >= 0.3 is 0 Å². The molecule has 1 aromatic carbocycles. The van der Waals surface area contributed by atoms with Crippen molar-refractivity contribution in [2.45, 2.75) is 51.5 Å². The molecule has 0 spiro atoms. The van der Waals surface area contributed by atoms with Crippen LogP contribution < -0.4 is 5.73 Å². The number of benzene rings is 1. The quantitative estimate of drug-likeness (QED) is 0.822. The van der Waals surface area contributed by atoms with Crippen molar-refractivity contribution < 1.29 is 18.7 Å². The zero-order valence-electron chi connectivity index (χ0n) is 15.4. The number of nitrogens with zero attached hydrogens (tertiary/aromatic N) is 1. The van der Waals surface area contributed by atoms with E-state index in [0.29, 0.717) is 19.4 Å². The average Bonchev–Trinajstić information content (AvgIpc) is 3.28. The molecule has 3 rings (SSSR count). The maximum absolute atomic E-state index is 13.4. The molecule has 1 aromatic heterocycles. The first kappa shape index (κ1) is 19.5. The van der Waals surface area contributed by atoms with Gasteiger partial charge in [0.1, 0.15) is 18.0 Å². The summed E-state index contributed by atoms with van der Waals surface area (Å²) in [6.45, 7) is 4.33. The molecule has 0 saturated carbocycles. The first-order valence-electron chi connectivity index (χ1n) is 8.95. The molecule has 2 amide bonds. The Morgan fingerprint density at radius 3 is 2.63 bits per heavy atom. The normalized spacial score (nSPS) is 19.4. The molecule has 1 aliphatic rings. The standard InChI is InChI=1S/C20H23FN2O3S/c1-12(2)23(20(25)17-8-7-16(26-17)19(22)24)11-15-6-9-18(27-15)13-4-3-5-14(21)10-13/h3-6,9-10,12,16-17H,7-8,11H2,1-2H3,(H2,22,24)/t16-,17+/m1/s1. The van der Waals surface area contributed by atoms with E-state index in [4.69, 9.17) is 10.5 Å². The van der Waals surface area contributed by atoms with Crippen LogP contribution in [0.25, 0.3) is 10.4 Å². The minimum absolute atomic E-state index is 0.0200. The van der Waals surface area contributed by atoms with Crippen molar-refractivity contribution >= 4 is 23.2 Å². The Bertz CT molecular complexity index is 836. The number of nitrogens with two attached hydrogens (primary N) is 1. The van der Waals surface area contributed by atoms with Crippen LogP contribution >= 0.6 is 11.3 Å². The summed E-state index contributed by atoms with van der Waals surface area (Å²) in [4.78, 5) is 27.9. The first-order valence-corrected chi connectivity index (χ1v) is 9.76. The van der Waals surface area contributed by atoms with Crippen LogP contribution in [0.4, 0.5) is 4.39 Å². The molecule has 1 fully saturated rings. The van der Waals surface area contributed by atoms with Crippen LogP contribution in [0.3, 0.4) is 0 Å². The van der Waals surface area contributed by atoms with Crippen LogP contribution in [0.2, 0.25) is 0 Å². The molecule has 144 valence electrons. The highest BCUT2D eigenvalue weighted by molar-refractivity contribution is 7.15. The van der Waals surface area contributed by atoms with E-state index in [1.807, 2.05) is 32.0 Å². The molecule has 0 bridgehead atoms. The molecular formula is C20H23FN2O3S. The van der Waals surface area contributed by atoms with E-state index >= 15 is 0 Å². The third kappa shape index (κ3) is 4.54. The van der Waals surface area contributed by atoms with E-state index < -0.39 is 18.1 Å². The fourth-order valence-corrected chi connectivity index (χ4v) is 4.16. The fourth-order valence-electron chi connectivity index (χ4n) is 3.16. The minimum Gasteiger partial charge on any atom is -0.367 e. The second-order valence-corrected chi connectivity index (χ2v) is 8.10. The predicted octanol–water partition coefficient (Wildman–Crippen LogP) is 3.32. The molecule has 5 nitrogen and oxygen atoms in total. The van der Waals surface area contributed by atoms with Crippen molar-refractivity contribution in [3.05, 3.63) is 47.1 Å². The van der Waals surface area contributed by atoms with Gasteiger partial charge in [0.15, 0.2) is 0 Å². The Kier molecular flexibility index (Phi) is 5.92. The highest BCUT2D eigenvalue weighted by Crippen LogP contribution is 2.30. The number of carbonyl (C=O) groups is 2. The molecule has 2 atom stereocenters. The second kappa shape index (κ2) is 8.19. The Morgan fingerprint density at radius 2 is 2.00 bits per heavy atom. The lowest BCUT2D eigenvalue weighted by Crippen LogP contribution is -2.43. The van der Waals surface area contributed by atoms with Gasteiger partial charge in [0.2, 0.25) is 5.91 Å². The monoisotopic (exact) mass is 390 g/mol. The number of halogens is 1. The number of rotatable bonds is 6.